The highest BCUT2D eigenvalue weighted by Gasteiger charge is 2.19. The van der Waals surface area contributed by atoms with Gasteiger partial charge in [0.15, 0.2) is 17.5 Å². The lowest BCUT2D eigenvalue weighted by molar-refractivity contribution is 1.07. The molecule has 0 atom stereocenters. The van der Waals surface area contributed by atoms with Crippen LogP contribution in [0.15, 0.2) is 206 Å². The first kappa shape index (κ1) is 32.7. The Morgan fingerprint density at radius 1 is 0.281 bits per heavy atom. The number of nitrogens with zero attached hydrogens (tertiary/aromatic N) is 4. The second-order valence-corrected chi connectivity index (χ2v) is 14.4. The van der Waals surface area contributed by atoms with E-state index in [9.17, 15) is 0 Å². The second-order valence-electron chi connectivity index (χ2n) is 14.4. The Labute approximate surface area is 330 Å². The van der Waals surface area contributed by atoms with E-state index in [1.165, 1.54) is 38.1 Å². The molecule has 266 valence electrons. The van der Waals surface area contributed by atoms with E-state index >= 15 is 0 Å². The highest BCUT2D eigenvalue weighted by atomic mass is 15.0. The third-order valence-electron chi connectivity index (χ3n) is 11.0. The molecule has 2 heterocycles. The first-order valence-electron chi connectivity index (χ1n) is 19.3. The summed E-state index contributed by atoms with van der Waals surface area (Å²) in [6.07, 6.45) is 0. The molecule has 4 heteroatoms. The van der Waals surface area contributed by atoms with Crippen LogP contribution in [0.25, 0.3) is 105 Å². The lowest BCUT2D eigenvalue weighted by atomic mass is 9.96. The average molecular weight is 727 g/mol. The standard InChI is InChI=1S/C53H34N4/c1-4-14-35(15-5-1)39-26-24-37-25-27-40-32-41(28-30-43(40)47(37)33-39)52-54-51(38-18-8-3-9-19-38)55-53(56-52)42-29-31-44(36-16-6-2-7-17-36)50(34-42)57-48-22-12-10-20-45(48)46-21-11-13-23-49(46)57/h1-34H. The number of fused-ring (bicyclic) bond motifs is 6. The summed E-state index contributed by atoms with van der Waals surface area (Å²) in [6.45, 7) is 0. The van der Waals surface area contributed by atoms with Crippen LogP contribution in [-0.2, 0) is 0 Å². The van der Waals surface area contributed by atoms with E-state index in [0.717, 1.165) is 49.9 Å². The molecule has 0 unspecified atom stereocenters. The number of benzene rings is 9. The monoisotopic (exact) mass is 726 g/mol. The molecule has 0 amide bonds. The molecule has 11 aromatic rings. The summed E-state index contributed by atoms with van der Waals surface area (Å²) >= 11 is 0. The molecule has 0 fully saturated rings. The summed E-state index contributed by atoms with van der Waals surface area (Å²) in [5, 5.41) is 7.19. The van der Waals surface area contributed by atoms with Crippen molar-refractivity contribution >= 4 is 43.4 Å². The zero-order chi connectivity index (χ0) is 37.7. The molecule has 0 saturated heterocycles. The fourth-order valence-electron chi connectivity index (χ4n) is 8.26. The van der Waals surface area contributed by atoms with Crippen LogP contribution in [0.1, 0.15) is 0 Å². The van der Waals surface area contributed by atoms with Crippen molar-refractivity contribution in [3.8, 4) is 62.1 Å². The van der Waals surface area contributed by atoms with Crippen LogP contribution in [0.4, 0.5) is 0 Å². The van der Waals surface area contributed by atoms with Gasteiger partial charge in [0.25, 0.3) is 0 Å². The van der Waals surface area contributed by atoms with Crippen LogP contribution in [-0.4, -0.2) is 19.5 Å². The third-order valence-corrected chi connectivity index (χ3v) is 11.0. The van der Waals surface area contributed by atoms with E-state index in [-0.39, 0.29) is 0 Å². The van der Waals surface area contributed by atoms with E-state index in [2.05, 4.69) is 193 Å². The van der Waals surface area contributed by atoms with Gasteiger partial charge in [-0.05, 0) is 68.6 Å². The van der Waals surface area contributed by atoms with Crippen molar-refractivity contribution in [3.63, 3.8) is 0 Å². The van der Waals surface area contributed by atoms with Gasteiger partial charge in [-0.15, -0.1) is 0 Å². The van der Waals surface area contributed by atoms with Gasteiger partial charge in [0.2, 0.25) is 0 Å². The predicted octanol–water partition coefficient (Wildman–Crippen LogP) is 13.6. The highest BCUT2D eigenvalue weighted by molar-refractivity contribution is 6.11. The van der Waals surface area contributed by atoms with Crippen molar-refractivity contribution in [3.05, 3.63) is 206 Å². The minimum absolute atomic E-state index is 0.617. The maximum atomic E-state index is 5.24. The van der Waals surface area contributed by atoms with Gasteiger partial charge in [-0.1, -0.05) is 176 Å². The molecule has 0 N–H and O–H groups in total. The third kappa shape index (κ3) is 5.74. The number of rotatable bonds is 6. The van der Waals surface area contributed by atoms with E-state index in [1.807, 2.05) is 18.2 Å². The SMILES string of the molecule is c1ccc(-c2ccc3ccc4cc(-c5nc(-c6ccccc6)nc(-c6ccc(-c7ccccc7)c(-n7c8ccccc8c8ccccc87)c6)n5)ccc4c3c2)cc1. The van der Waals surface area contributed by atoms with Crippen LogP contribution in [0.5, 0.6) is 0 Å². The van der Waals surface area contributed by atoms with Crippen molar-refractivity contribution in [2.24, 2.45) is 0 Å². The summed E-state index contributed by atoms with van der Waals surface area (Å²) in [5.41, 5.74) is 10.8. The number of para-hydroxylation sites is 2. The van der Waals surface area contributed by atoms with Crippen molar-refractivity contribution in [2.75, 3.05) is 0 Å². The Kier molecular flexibility index (Phi) is 7.78. The van der Waals surface area contributed by atoms with Crippen LogP contribution in [0, 0.1) is 0 Å². The smallest absolute Gasteiger partial charge is 0.164 e. The van der Waals surface area contributed by atoms with Gasteiger partial charge in [-0.25, -0.2) is 15.0 Å². The fraction of sp³-hybridized carbons (Fsp3) is 0. The lowest BCUT2D eigenvalue weighted by Gasteiger charge is -2.16. The summed E-state index contributed by atoms with van der Waals surface area (Å²) < 4.78 is 2.38. The summed E-state index contributed by atoms with van der Waals surface area (Å²) in [4.78, 5) is 15.5. The molecular weight excluding hydrogens is 693 g/mol. The highest BCUT2D eigenvalue weighted by Crippen LogP contribution is 2.39. The zero-order valence-electron chi connectivity index (χ0n) is 30.9. The van der Waals surface area contributed by atoms with Crippen molar-refractivity contribution in [1.82, 2.24) is 19.5 Å². The topological polar surface area (TPSA) is 43.6 Å². The molecule has 4 nitrogen and oxygen atoms in total. The van der Waals surface area contributed by atoms with E-state index < -0.39 is 0 Å². The van der Waals surface area contributed by atoms with Crippen LogP contribution >= 0.6 is 0 Å². The Hall–Kier alpha value is -7.69. The first-order valence-corrected chi connectivity index (χ1v) is 19.3. The minimum atomic E-state index is 0.617. The molecule has 57 heavy (non-hydrogen) atoms. The van der Waals surface area contributed by atoms with Gasteiger partial charge in [-0.2, -0.15) is 0 Å². The summed E-state index contributed by atoms with van der Waals surface area (Å²) in [7, 11) is 0. The first-order chi connectivity index (χ1) is 28.2. The molecule has 0 radical (unpaired) electrons. The Balaban J connectivity index is 1.11. The quantitative estimate of drug-likeness (QED) is 0.160. The molecule has 0 aliphatic rings. The van der Waals surface area contributed by atoms with Gasteiger partial charge >= 0.3 is 0 Å². The Morgan fingerprint density at radius 2 is 0.772 bits per heavy atom. The number of hydrogen-bond donors (Lipinski definition) is 0. The molecule has 2 aromatic heterocycles. The molecule has 0 aliphatic carbocycles. The Morgan fingerprint density at radius 3 is 1.44 bits per heavy atom. The number of hydrogen-bond acceptors (Lipinski definition) is 3. The number of aromatic nitrogens is 4. The van der Waals surface area contributed by atoms with Crippen molar-refractivity contribution in [1.29, 1.82) is 0 Å². The van der Waals surface area contributed by atoms with Crippen molar-refractivity contribution in [2.45, 2.75) is 0 Å². The van der Waals surface area contributed by atoms with Gasteiger partial charge in [0.05, 0.1) is 16.7 Å². The average Bonchev–Trinajstić information content (AvgIpc) is 3.63. The minimum Gasteiger partial charge on any atom is -0.309 e. The maximum Gasteiger partial charge on any atom is 0.164 e. The molecule has 0 saturated carbocycles. The largest absolute Gasteiger partial charge is 0.309 e. The molecule has 0 bridgehead atoms. The molecule has 0 aliphatic heterocycles. The second kappa shape index (κ2) is 13.6. The van der Waals surface area contributed by atoms with Gasteiger partial charge in [-0.3, -0.25) is 0 Å². The van der Waals surface area contributed by atoms with E-state index in [1.54, 1.807) is 0 Å². The van der Waals surface area contributed by atoms with E-state index in [0.29, 0.717) is 17.5 Å². The van der Waals surface area contributed by atoms with Crippen molar-refractivity contribution < 1.29 is 0 Å². The molecule has 0 spiro atoms. The molecule has 9 aromatic carbocycles. The summed E-state index contributed by atoms with van der Waals surface area (Å²) in [6, 6.07) is 72.9. The predicted molar refractivity (Wildman–Crippen MR) is 236 cm³/mol. The zero-order valence-corrected chi connectivity index (χ0v) is 30.9. The van der Waals surface area contributed by atoms with Crippen LogP contribution in [0.2, 0.25) is 0 Å². The normalized spacial score (nSPS) is 11.5. The van der Waals surface area contributed by atoms with E-state index in [4.69, 9.17) is 15.0 Å². The molecular formula is C53H34N4. The lowest BCUT2D eigenvalue weighted by Crippen LogP contribution is -2.02. The van der Waals surface area contributed by atoms with Crippen LogP contribution < -0.4 is 0 Å². The van der Waals surface area contributed by atoms with Gasteiger partial charge in [0.1, 0.15) is 0 Å². The fourth-order valence-corrected chi connectivity index (χ4v) is 8.26. The Bertz CT molecular complexity index is 3230. The maximum absolute atomic E-state index is 5.24. The molecule has 11 rings (SSSR count). The van der Waals surface area contributed by atoms with Gasteiger partial charge < -0.3 is 4.57 Å². The van der Waals surface area contributed by atoms with Crippen LogP contribution in [0.3, 0.4) is 0 Å². The summed E-state index contributed by atoms with van der Waals surface area (Å²) in [5.74, 6) is 1.88. The van der Waals surface area contributed by atoms with Gasteiger partial charge in [0, 0.05) is 33.0 Å².